The van der Waals surface area contributed by atoms with E-state index in [1.54, 1.807) is 0 Å². The van der Waals surface area contributed by atoms with Gasteiger partial charge in [-0.1, -0.05) is 13.8 Å². The van der Waals surface area contributed by atoms with Gasteiger partial charge in [0.1, 0.15) is 0 Å². The Bertz CT molecular complexity index is 66.5. The molecule has 3 heteroatoms. The van der Waals surface area contributed by atoms with Crippen molar-refractivity contribution < 1.29 is 15.4 Å². The van der Waals surface area contributed by atoms with Crippen molar-refractivity contribution >= 4 is 0 Å². The van der Waals surface area contributed by atoms with E-state index in [-0.39, 0.29) is 11.0 Å². The molecule has 3 N–H and O–H groups in total. The maximum absolute atomic E-state index is 2.30. The normalized spacial score (nSPS) is 9.82. The summed E-state index contributed by atoms with van der Waals surface area (Å²) in [7, 11) is 4.60. The lowest BCUT2D eigenvalue weighted by Gasteiger charge is -2.28. The van der Waals surface area contributed by atoms with Crippen molar-refractivity contribution in [2.45, 2.75) is 26.7 Å². The zero-order chi connectivity index (χ0) is 7.33. The lowest BCUT2D eigenvalue weighted by atomic mass is 10.3. The van der Waals surface area contributed by atoms with Crippen LogP contribution in [-0.2, 0) is 0 Å². The third-order valence-corrected chi connectivity index (χ3v) is 1.66. The second kappa shape index (κ2) is 7.98. The Labute approximate surface area is 70.2 Å². The van der Waals surface area contributed by atoms with Crippen LogP contribution in [0, 0.1) is 0 Å². The van der Waals surface area contributed by atoms with E-state index in [0.29, 0.717) is 0 Å². The molecule has 0 radical (unpaired) electrons. The average Bonchev–Trinajstić information content (AvgIpc) is 1.64. The molecule has 0 bridgehead atoms. The Balaban J connectivity index is -0.000000320. The Morgan fingerprint density at radius 2 is 1.18 bits per heavy atom. The Kier molecular flexibility index (Phi) is 12.4. The molecule has 0 aliphatic heterocycles. The van der Waals surface area contributed by atoms with Gasteiger partial charge in [0, 0.05) is 0 Å². The van der Waals surface area contributed by atoms with E-state index in [2.05, 4.69) is 27.9 Å². The van der Waals surface area contributed by atoms with Crippen LogP contribution < -0.4 is 0 Å². The van der Waals surface area contributed by atoms with E-state index >= 15 is 0 Å². The zero-order valence-corrected chi connectivity index (χ0v) is 8.22. The highest BCUT2D eigenvalue weighted by Crippen LogP contribution is 1.99. The fourth-order valence-electron chi connectivity index (χ4n) is 1.32. The fraction of sp³-hybridized carbons (Fsp3) is 1.00. The molecule has 0 saturated carbocycles. The minimum atomic E-state index is 0. The van der Waals surface area contributed by atoms with Crippen LogP contribution in [0.15, 0.2) is 0 Å². The molecule has 0 unspecified atom stereocenters. The molecule has 0 aliphatic rings. The number of rotatable bonds is 4. The molecule has 0 fully saturated rings. The Hall–Kier alpha value is -0.120. The second-order valence-corrected chi connectivity index (χ2v) is 3.38. The predicted octanol–water partition coefficient (Wildman–Crippen LogP) is 0.881. The summed E-state index contributed by atoms with van der Waals surface area (Å²) in [5.74, 6) is 0. The van der Waals surface area contributed by atoms with Gasteiger partial charge in [0.2, 0.25) is 0 Å². The van der Waals surface area contributed by atoms with Crippen LogP contribution in [0.2, 0.25) is 0 Å². The van der Waals surface area contributed by atoms with Crippen LogP contribution in [0.1, 0.15) is 26.7 Å². The molecule has 0 amide bonds. The van der Waals surface area contributed by atoms with Crippen LogP contribution in [0.5, 0.6) is 0 Å². The molecule has 0 aromatic heterocycles. The van der Waals surface area contributed by atoms with E-state index in [4.69, 9.17) is 0 Å². The van der Waals surface area contributed by atoms with Gasteiger partial charge in [-0.25, -0.2) is 0 Å². The lowest BCUT2D eigenvalue weighted by molar-refractivity contribution is -0.890. The molecule has 0 heterocycles. The molecular weight excluding hydrogens is 142 g/mol. The minimum absolute atomic E-state index is 0. The van der Waals surface area contributed by atoms with Gasteiger partial charge in [0.05, 0.1) is 27.2 Å². The smallest absolute Gasteiger partial charge is 0.0779 e. The van der Waals surface area contributed by atoms with Crippen LogP contribution >= 0.6 is 0 Å². The number of nitrogens with zero attached hydrogens (tertiary/aromatic N) is 1. The lowest BCUT2D eigenvalue weighted by Crippen LogP contribution is -2.40. The monoisotopic (exact) mass is 165 g/mol. The summed E-state index contributed by atoms with van der Waals surface area (Å²) < 4.78 is 1.19. The highest BCUT2D eigenvalue weighted by molar-refractivity contribution is 4.30. The SMILES string of the molecule is CCC[N+](C)(C)CCC.O.[OH-]. The van der Waals surface area contributed by atoms with E-state index < -0.39 is 0 Å². The van der Waals surface area contributed by atoms with Crippen LogP contribution in [0.4, 0.5) is 0 Å². The van der Waals surface area contributed by atoms with Crippen LogP contribution in [0.25, 0.3) is 0 Å². The molecular formula is C8H23NO2. The van der Waals surface area contributed by atoms with Gasteiger partial charge in [-0.2, -0.15) is 0 Å². The molecule has 0 aliphatic carbocycles. The topological polar surface area (TPSA) is 61.5 Å². The molecule has 0 saturated heterocycles. The summed E-state index contributed by atoms with van der Waals surface area (Å²) in [5.41, 5.74) is 0. The summed E-state index contributed by atoms with van der Waals surface area (Å²) >= 11 is 0. The first-order chi connectivity index (χ1) is 4.12. The van der Waals surface area contributed by atoms with Crippen LogP contribution in [-0.4, -0.2) is 42.6 Å². The summed E-state index contributed by atoms with van der Waals surface area (Å²) in [6.45, 7) is 7.12. The number of hydrogen-bond acceptors (Lipinski definition) is 1. The van der Waals surface area contributed by atoms with Crippen molar-refractivity contribution in [3.63, 3.8) is 0 Å². The summed E-state index contributed by atoms with van der Waals surface area (Å²) in [5, 5.41) is 0. The standard InChI is InChI=1S/C8H20N.2H2O/c1-5-7-9(3,4)8-6-2;;/h5-8H2,1-4H3;2*1H2/q+1;;/p-1. The van der Waals surface area contributed by atoms with Gasteiger partial charge in [0.15, 0.2) is 0 Å². The summed E-state index contributed by atoms with van der Waals surface area (Å²) in [6, 6.07) is 0. The Morgan fingerprint density at radius 3 is 1.36 bits per heavy atom. The van der Waals surface area contributed by atoms with E-state index in [1.165, 1.54) is 30.4 Å². The quantitative estimate of drug-likeness (QED) is 0.570. The van der Waals surface area contributed by atoms with Gasteiger partial charge in [-0.15, -0.1) is 0 Å². The molecule has 0 atom stereocenters. The Morgan fingerprint density at radius 1 is 0.909 bits per heavy atom. The third-order valence-electron chi connectivity index (χ3n) is 1.66. The molecule has 72 valence electrons. The van der Waals surface area contributed by atoms with E-state index in [0.717, 1.165) is 0 Å². The van der Waals surface area contributed by atoms with Gasteiger partial charge >= 0.3 is 0 Å². The number of quaternary nitrogens is 1. The first-order valence-corrected chi connectivity index (χ1v) is 3.94. The van der Waals surface area contributed by atoms with Gasteiger partial charge in [0.25, 0.3) is 0 Å². The summed E-state index contributed by atoms with van der Waals surface area (Å²) in [6.07, 6.45) is 2.60. The molecule has 0 rings (SSSR count). The minimum Gasteiger partial charge on any atom is -0.870 e. The molecule has 0 aromatic rings. The van der Waals surface area contributed by atoms with E-state index in [1.807, 2.05) is 0 Å². The fourth-order valence-corrected chi connectivity index (χ4v) is 1.32. The second-order valence-electron chi connectivity index (χ2n) is 3.38. The average molecular weight is 165 g/mol. The van der Waals surface area contributed by atoms with Crippen LogP contribution in [0.3, 0.4) is 0 Å². The first kappa shape index (κ1) is 17.1. The molecule has 11 heavy (non-hydrogen) atoms. The van der Waals surface area contributed by atoms with Crippen molar-refractivity contribution in [1.29, 1.82) is 0 Å². The van der Waals surface area contributed by atoms with Crippen molar-refractivity contribution in [2.24, 2.45) is 0 Å². The highest BCUT2D eigenvalue weighted by Gasteiger charge is 2.09. The molecule has 0 aromatic carbocycles. The maximum atomic E-state index is 2.30. The summed E-state index contributed by atoms with van der Waals surface area (Å²) in [4.78, 5) is 0. The predicted molar refractivity (Wildman–Crippen MR) is 48.0 cm³/mol. The number of hydrogen-bond donors (Lipinski definition) is 0. The molecule has 0 spiro atoms. The van der Waals surface area contributed by atoms with Crippen molar-refractivity contribution in [3.05, 3.63) is 0 Å². The largest absolute Gasteiger partial charge is 0.870 e. The molecule has 3 nitrogen and oxygen atoms in total. The zero-order valence-electron chi connectivity index (χ0n) is 8.22. The highest BCUT2D eigenvalue weighted by atomic mass is 16.0. The van der Waals surface area contributed by atoms with Crippen molar-refractivity contribution in [2.75, 3.05) is 27.2 Å². The first-order valence-electron chi connectivity index (χ1n) is 3.94. The van der Waals surface area contributed by atoms with Crippen molar-refractivity contribution in [3.8, 4) is 0 Å². The van der Waals surface area contributed by atoms with E-state index in [9.17, 15) is 0 Å². The third kappa shape index (κ3) is 9.88. The van der Waals surface area contributed by atoms with Gasteiger partial charge in [-0.3, -0.25) is 0 Å². The van der Waals surface area contributed by atoms with Crippen molar-refractivity contribution in [1.82, 2.24) is 0 Å². The maximum Gasteiger partial charge on any atom is 0.0779 e. The van der Waals surface area contributed by atoms with Gasteiger partial charge < -0.3 is 15.4 Å². The van der Waals surface area contributed by atoms with Gasteiger partial charge in [-0.05, 0) is 12.8 Å².